The summed E-state index contributed by atoms with van der Waals surface area (Å²) in [5.41, 5.74) is 16.7. The standard InChI is InChI=1S/C111H91N9O3S6/c1-10-13-16-19-22-82-88-55-67(97-52-43-79(127-97)37-34-73-28-31-76(124-73)40-49-94-91(64-118)106(70(58-112)59-113)121-109(94,4)5)25-46-85(88)103-100(82)104-86-47-26-68(98-53-44-80(128-98)38-35-74-29-32-77(125-74)41-50-95-92(65-119)107(71(60-114)61-115)122-110(95,6)7)56-89(86)83(23-20-17-14-11-2)102(104)105-87-48-27-69(57-90(87)84(101(103)105)24-21-18-15-12-3)99-54-45-81(129-99)39-36-75-30-33-78(126-75)42-51-96-93(66-120)108(72(62-116)63-117)123-111(96,8)9/h25-57,82H,10-24H2,1-9H3/b37-34+,38-35+,39-36+,49-40+,50-41+,51-42+. The Kier molecular flexibility index (Phi) is 26.3. The number of ether oxygens (including phenoxy) is 3. The lowest BCUT2D eigenvalue weighted by Crippen LogP contribution is -2.20. The maximum absolute atomic E-state index is 10.2. The first-order valence-electron chi connectivity index (χ1n) is 43.9. The Morgan fingerprint density at radius 2 is 0.674 bits per heavy atom. The van der Waals surface area contributed by atoms with Crippen molar-refractivity contribution in [2.45, 2.75) is 181 Å². The molecule has 0 spiro atoms. The summed E-state index contributed by atoms with van der Waals surface area (Å²) in [5.74, 6) is 0.209. The Bertz CT molecular complexity index is 7350. The predicted octanol–water partition coefficient (Wildman–Crippen LogP) is 29.4. The molecule has 18 heteroatoms. The zero-order valence-corrected chi connectivity index (χ0v) is 78.3. The first-order valence-corrected chi connectivity index (χ1v) is 48.8. The molecule has 0 fully saturated rings. The summed E-state index contributed by atoms with van der Waals surface area (Å²) in [6.45, 7) is 17.9. The summed E-state index contributed by atoms with van der Waals surface area (Å²) in [7, 11) is 0. The lowest BCUT2D eigenvalue weighted by atomic mass is 9.84. The van der Waals surface area contributed by atoms with Gasteiger partial charge in [0, 0.05) is 81.2 Å². The molecule has 6 aliphatic rings. The van der Waals surface area contributed by atoms with Gasteiger partial charge in [-0.3, -0.25) is 0 Å². The number of benzene rings is 4. The van der Waals surface area contributed by atoms with Crippen molar-refractivity contribution >= 4 is 134 Å². The van der Waals surface area contributed by atoms with Gasteiger partial charge in [-0.25, -0.2) is 0 Å². The first kappa shape index (κ1) is 88.9. The molecular formula is C111H91N9O3S6. The van der Waals surface area contributed by atoms with Crippen molar-refractivity contribution in [1.29, 1.82) is 47.4 Å². The highest BCUT2D eigenvalue weighted by molar-refractivity contribution is 7.17. The maximum Gasteiger partial charge on any atom is 0.172 e. The van der Waals surface area contributed by atoms with Gasteiger partial charge in [-0.15, -0.1) is 68.0 Å². The van der Waals surface area contributed by atoms with E-state index in [0.29, 0.717) is 16.7 Å². The zero-order chi connectivity index (χ0) is 90.4. The van der Waals surface area contributed by atoms with E-state index in [0.717, 1.165) is 121 Å². The lowest BCUT2D eigenvalue weighted by Gasteiger charge is -2.20. The molecule has 3 aliphatic heterocycles. The average molecular weight is 1790 g/mol. The van der Waals surface area contributed by atoms with Crippen LogP contribution in [0.3, 0.4) is 0 Å². The van der Waals surface area contributed by atoms with Gasteiger partial charge in [0.25, 0.3) is 0 Å². The van der Waals surface area contributed by atoms with Gasteiger partial charge in [0.1, 0.15) is 88.1 Å². The third-order valence-corrected chi connectivity index (χ3v) is 31.0. The highest BCUT2D eigenvalue weighted by Crippen LogP contribution is 2.55. The predicted molar refractivity (Wildman–Crippen MR) is 529 cm³/mol. The Hall–Kier alpha value is -13.5. The van der Waals surface area contributed by atoms with E-state index >= 15 is 0 Å². The van der Waals surface area contributed by atoms with Crippen molar-refractivity contribution in [3.63, 3.8) is 0 Å². The Morgan fingerprint density at radius 1 is 0.326 bits per heavy atom. The third kappa shape index (κ3) is 17.7. The van der Waals surface area contributed by atoms with Gasteiger partial charge in [0.2, 0.25) is 0 Å². The minimum absolute atomic E-state index is 0.0242. The molecule has 1 unspecified atom stereocenters. The van der Waals surface area contributed by atoms with Crippen LogP contribution in [0.5, 0.6) is 0 Å². The summed E-state index contributed by atoms with van der Waals surface area (Å²) in [5, 5.41) is 94.1. The topological polar surface area (TPSA) is 242 Å². The van der Waals surface area contributed by atoms with Gasteiger partial charge in [-0.05, 0) is 313 Å². The van der Waals surface area contributed by atoms with E-state index in [1.165, 1.54) is 127 Å². The molecule has 0 saturated carbocycles. The summed E-state index contributed by atoms with van der Waals surface area (Å²) in [4.78, 5) is 13.2. The minimum Gasteiger partial charge on any atom is -0.480 e. The van der Waals surface area contributed by atoms with E-state index in [2.05, 4.69) is 203 Å². The Balaban J connectivity index is 0.794. The SMILES string of the molecule is CCCCCCC1=c2c(c3c(c4c2-c2ccc(-c5ccc(/C=C/c6ccc(/C=C/C7=C(C#N)C(=C(C#N)C#N)OC7(C)C)s6)s5)cc2C4CCCCCC)=c2ccc(-c4ccc(/C=C/c5ccc(/C=C/C6=C(C#N)C(=C(C#N)C#N)OC6(C)C)s5)s4)cc2=C3CCCCCC)-c2ccc(-c3ccc(/C=C/c4ccc(/C=C/C5=C(C#N)C(=C(C#N)C#N)OC5(C)C)s4)s3)cc21. The number of rotatable bonds is 30. The second-order valence-corrected chi connectivity index (χ2v) is 41.0. The van der Waals surface area contributed by atoms with Gasteiger partial charge in [-0.2, -0.15) is 47.4 Å². The molecule has 0 radical (unpaired) electrons. The van der Waals surface area contributed by atoms with Crippen LogP contribution in [0.15, 0.2) is 213 Å². The number of unbranched alkanes of at least 4 members (excludes halogenated alkanes) is 9. The summed E-state index contributed by atoms with van der Waals surface area (Å²) in [6, 6.07) is 66.2. The average Bonchev–Trinajstić information content (AvgIpc) is 1.51. The number of nitriles is 9. The molecular weight excluding hydrogens is 1700 g/mol. The number of allylic oxidation sites excluding steroid dienone is 6. The smallest absolute Gasteiger partial charge is 0.172 e. The van der Waals surface area contributed by atoms with Crippen molar-refractivity contribution in [2.24, 2.45) is 0 Å². The highest BCUT2D eigenvalue weighted by atomic mass is 32.1. The quantitative estimate of drug-likeness (QED) is 0.0301. The van der Waals surface area contributed by atoms with Gasteiger partial charge in [-0.1, -0.05) is 140 Å². The van der Waals surface area contributed by atoms with Gasteiger partial charge in [0.15, 0.2) is 34.0 Å². The van der Waals surface area contributed by atoms with Crippen LogP contribution in [0.2, 0.25) is 0 Å². The summed E-state index contributed by atoms with van der Waals surface area (Å²) < 4.78 is 18.1. The van der Waals surface area contributed by atoms with Gasteiger partial charge in [0.05, 0.1) is 0 Å². The number of hydrogen-bond acceptors (Lipinski definition) is 18. The molecule has 16 rings (SSSR count). The highest BCUT2D eigenvalue weighted by Gasteiger charge is 2.43. The van der Waals surface area contributed by atoms with Gasteiger partial charge >= 0.3 is 0 Å². The molecule has 10 aromatic rings. The number of hydrogen-bond donors (Lipinski definition) is 0. The monoisotopic (exact) mass is 1790 g/mol. The van der Waals surface area contributed by atoms with Crippen LogP contribution < -0.4 is 10.4 Å². The van der Waals surface area contributed by atoms with Gasteiger partial charge < -0.3 is 14.2 Å². The maximum atomic E-state index is 10.2. The van der Waals surface area contributed by atoms with Crippen molar-refractivity contribution in [1.82, 2.24) is 0 Å². The molecule has 3 aliphatic carbocycles. The van der Waals surface area contributed by atoms with Crippen LogP contribution in [0.1, 0.15) is 231 Å². The molecule has 9 heterocycles. The van der Waals surface area contributed by atoms with Crippen molar-refractivity contribution in [3.8, 4) is 108 Å². The second-order valence-electron chi connectivity index (χ2n) is 34.2. The Morgan fingerprint density at radius 3 is 1.07 bits per heavy atom. The van der Waals surface area contributed by atoms with E-state index in [-0.39, 0.29) is 56.6 Å². The number of nitrogens with zero attached hydrogens (tertiary/aromatic N) is 9. The fourth-order valence-corrected chi connectivity index (χ4v) is 23.6. The van der Waals surface area contributed by atoms with Crippen molar-refractivity contribution < 1.29 is 14.2 Å². The number of thiophene rings is 6. The second kappa shape index (κ2) is 38.2. The molecule has 6 aromatic heterocycles. The normalized spacial score (nSPS) is 15.8. The van der Waals surface area contributed by atoms with E-state index < -0.39 is 16.8 Å². The molecule has 0 N–H and O–H groups in total. The summed E-state index contributed by atoms with van der Waals surface area (Å²) in [6.07, 6.45) is 41.2. The fraction of sp³-hybridized carbons (Fsp3) is 0.252. The number of fused-ring (bicyclic) bond motifs is 11. The first-order chi connectivity index (χ1) is 62.6. The van der Waals surface area contributed by atoms with E-state index in [1.54, 1.807) is 68.0 Å². The lowest BCUT2D eigenvalue weighted by molar-refractivity contribution is 0.0951. The van der Waals surface area contributed by atoms with Crippen LogP contribution in [-0.4, -0.2) is 16.8 Å². The van der Waals surface area contributed by atoms with E-state index in [4.69, 9.17) is 14.2 Å². The molecule has 0 saturated heterocycles. The molecule has 4 aromatic carbocycles. The minimum atomic E-state index is -0.910. The molecule has 1 atom stereocenters. The summed E-state index contributed by atoms with van der Waals surface area (Å²) >= 11 is 10.3. The molecule has 129 heavy (non-hydrogen) atoms. The largest absolute Gasteiger partial charge is 0.480 e. The molecule has 0 bridgehead atoms. The zero-order valence-electron chi connectivity index (χ0n) is 73.4. The van der Waals surface area contributed by atoms with Crippen molar-refractivity contribution in [2.75, 3.05) is 0 Å². The third-order valence-electron chi connectivity index (χ3n) is 24.7. The van der Waals surface area contributed by atoms with Crippen LogP contribution in [0.25, 0.3) is 119 Å². The van der Waals surface area contributed by atoms with Crippen LogP contribution in [0.4, 0.5) is 0 Å². The molecule has 12 nitrogen and oxygen atoms in total. The Labute approximate surface area is 778 Å². The van der Waals surface area contributed by atoms with E-state index in [1.807, 2.05) is 114 Å². The molecule has 0 amide bonds. The van der Waals surface area contributed by atoms with E-state index in [9.17, 15) is 47.4 Å². The van der Waals surface area contributed by atoms with Crippen molar-refractivity contribution in [3.05, 3.63) is 300 Å². The molecule has 634 valence electrons. The fourth-order valence-electron chi connectivity index (χ4n) is 18.5. The van der Waals surface area contributed by atoms with Crippen LogP contribution >= 0.6 is 68.0 Å². The van der Waals surface area contributed by atoms with Crippen LogP contribution in [0, 0.1) is 112 Å². The van der Waals surface area contributed by atoms with Crippen LogP contribution in [-0.2, 0) is 14.2 Å².